The fraction of sp³-hybridized carbons (Fsp3) is 0.320. The van der Waals surface area contributed by atoms with Crippen molar-refractivity contribution >= 4 is 39.0 Å². The third kappa shape index (κ3) is 10.1. The highest BCUT2D eigenvalue weighted by molar-refractivity contribution is 7.86. The van der Waals surface area contributed by atoms with E-state index in [1.54, 1.807) is 12.3 Å². The summed E-state index contributed by atoms with van der Waals surface area (Å²) in [7, 11) is -3.64. The van der Waals surface area contributed by atoms with E-state index in [9.17, 15) is 34.8 Å². The normalized spacial score (nSPS) is 14.1. The molecule has 14 nitrogen and oxygen atoms in total. The van der Waals surface area contributed by atoms with E-state index in [1.165, 1.54) is 12.1 Å². The molecule has 1 aliphatic heterocycles. The molecule has 3 aromatic heterocycles. The number of fused-ring (bicyclic) bond motifs is 1. The lowest BCUT2D eigenvalue weighted by Gasteiger charge is -2.22. The molecule has 46 heavy (non-hydrogen) atoms. The van der Waals surface area contributed by atoms with Gasteiger partial charge in [-0.3, -0.25) is 4.68 Å². The van der Waals surface area contributed by atoms with Crippen LogP contribution in [0.25, 0.3) is 33.7 Å². The number of piperidine rings is 1. The van der Waals surface area contributed by atoms with Crippen LogP contribution < -0.4 is 15.2 Å². The van der Waals surface area contributed by atoms with E-state index >= 15 is 0 Å². The third-order valence-electron chi connectivity index (χ3n) is 5.86. The number of pyridine rings is 1. The van der Waals surface area contributed by atoms with Crippen LogP contribution in [0.4, 0.5) is 32.2 Å². The number of rotatable bonds is 5. The lowest BCUT2D eigenvalue weighted by atomic mass is 10.1. The molecular weight excluding hydrogens is 658 g/mol. The summed E-state index contributed by atoms with van der Waals surface area (Å²) in [6.07, 6.45) is -1.56. The SMILES string of the molecule is CS(=O)(=O)Oc1ccc2nc(-c3cc(-c4cnn(C5CCNCC5)c4)cnc3N)oc2c1.O=C(O)C(F)(F)F.O=C(O)C(F)(F)F. The average Bonchev–Trinajstić information content (AvgIpc) is 3.60. The van der Waals surface area contributed by atoms with Crippen LogP contribution in [0.5, 0.6) is 5.75 Å². The molecule has 1 aromatic carbocycles. The number of nitrogens with two attached hydrogens (primary N) is 1. The number of aromatic nitrogens is 4. The first-order chi connectivity index (χ1) is 21.2. The number of halogens is 6. The number of aliphatic carboxylic acids is 2. The molecule has 1 aliphatic rings. The van der Waals surface area contributed by atoms with Crippen LogP contribution in [-0.4, -0.2) is 82.0 Å². The number of hydrogen-bond acceptors (Lipinski definition) is 11. The Hall–Kier alpha value is -4.92. The molecule has 4 heterocycles. The number of carboxylic acid groups (broad SMARTS) is 2. The second-order valence-corrected chi connectivity index (χ2v) is 11.0. The number of nitrogen functional groups attached to an aromatic ring is 1. The molecule has 0 atom stereocenters. The molecular formula is C25H24F6N6O8S. The van der Waals surface area contributed by atoms with E-state index in [2.05, 4.69) is 20.4 Å². The average molecular weight is 683 g/mol. The Balaban J connectivity index is 0.000000345. The summed E-state index contributed by atoms with van der Waals surface area (Å²) in [5.41, 5.74) is 9.35. The fourth-order valence-electron chi connectivity index (χ4n) is 3.81. The smallest absolute Gasteiger partial charge is 0.475 e. The summed E-state index contributed by atoms with van der Waals surface area (Å²) in [6, 6.07) is 6.86. The molecule has 0 amide bonds. The predicted molar refractivity (Wildman–Crippen MR) is 147 cm³/mol. The first-order valence-corrected chi connectivity index (χ1v) is 14.5. The quantitative estimate of drug-likeness (QED) is 0.174. The van der Waals surface area contributed by atoms with Crippen molar-refractivity contribution in [3.63, 3.8) is 0 Å². The largest absolute Gasteiger partial charge is 0.490 e. The molecule has 21 heteroatoms. The summed E-state index contributed by atoms with van der Waals surface area (Å²) in [5.74, 6) is -4.80. The molecule has 5 rings (SSSR count). The molecule has 5 N–H and O–H groups in total. The first kappa shape index (κ1) is 35.6. The monoisotopic (exact) mass is 682 g/mol. The van der Waals surface area contributed by atoms with E-state index in [-0.39, 0.29) is 17.5 Å². The molecule has 0 unspecified atom stereocenters. The molecule has 0 bridgehead atoms. The lowest BCUT2D eigenvalue weighted by Crippen LogP contribution is -2.29. The highest BCUT2D eigenvalue weighted by Gasteiger charge is 2.38. The van der Waals surface area contributed by atoms with E-state index < -0.39 is 34.4 Å². The van der Waals surface area contributed by atoms with Gasteiger partial charge < -0.3 is 29.9 Å². The minimum Gasteiger partial charge on any atom is -0.475 e. The fourth-order valence-corrected chi connectivity index (χ4v) is 4.26. The highest BCUT2D eigenvalue weighted by Crippen LogP contribution is 2.33. The zero-order chi connectivity index (χ0) is 34.4. The van der Waals surface area contributed by atoms with E-state index in [1.807, 2.05) is 23.1 Å². The van der Waals surface area contributed by atoms with Gasteiger partial charge in [0.15, 0.2) is 5.58 Å². The number of oxazole rings is 1. The first-order valence-electron chi connectivity index (χ1n) is 12.7. The number of alkyl halides is 6. The summed E-state index contributed by atoms with van der Waals surface area (Å²) in [5, 5.41) is 22.2. The molecule has 0 aliphatic carbocycles. The number of nitrogens with zero attached hydrogens (tertiary/aromatic N) is 4. The van der Waals surface area contributed by atoms with Crippen molar-refractivity contribution < 1.29 is 63.2 Å². The van der Waals surface area contributed by atoms with Gasteiger partial charge in [0.2, 0.25) is 5.89 Å². The number of benzene rings is 1. The Morgan fingerprint density at radius 3 is 2.15 bits per heavy atom. The van der Waals surface area contributed by atoms with Crippen LogP contribution in [0, 0.1) is 0 Å². The topological polar surface area (TPSA) is 213 Å². The highest BCUT2D eigenvalue weighted by atomic mass is 32.2. The summed E-state index contributed by atoms with van der Waals surface area (Å²) in [6.45, 7) is 1.98. The predicted octanol–water partition coefficient (Wildman–Crippen LogP) is 3.87. The number of anilines is 1. The van der Waals surface area contributed by atoms with Gasteiger partial charge in [0.1, 0.15) is 17.1 Å². The number of carboxylic acids is 2. The van der Waals surface area contributed by atoms with Gasteiger partial charge in [0.05, 0.1) is 24.1 Å². The molecule has 0 saturated carbocycles. The summed E-state index contributed by atoms with van der Waals surface area (Å²) < 4.78 is 99.0. The Kier molecular flexibility index (Phi) is 10.8. The van der Waals surface area contributed by atoms with Crippen LogP contribution in [0.3, 0.4) is 0 Å². The zero-order valence-electron chi connectivity index (χ0n) is 23.3. The van der Waals surface area contributed by atoms with E-state index in [4.69, 9.17) is 34.1 Å². The Morgan fingerprint density at radius 2 is 1.61 bits per heavy atom. The van der Waals surface area contributed by atoms with Crippen LogP contribution in [0.2, 0.25) is 0 Å². The van der Waals surface area contributed by atoms with Crippen molar-refractivity contribution in [1.82, 2.24) is 25.1 Å². The van der Waals surface area contributed by atoms with Crippen LogP contribution in [0.1, 0.15) is 18.9 Å². The maximum absolute atomic E-state index is 11.4. The second-order valence-electron chi connectivity index (χ2n) is 9.39. The molecule has 0 spiro atoms. The van der Waals surface area contributed by atoms with Gasteiger partial charge >= 0.3 is 34.4 Å². The van der Waals surface area contributed by atoms with Crippen molar-refractivity contribution in [2.75, 3.05) is 25.1 Å². The van der Waals surface area contributed by atoms with Gasteiger partial charge in [-0.2, -0.15) is 39.9 Å². The molecule has 250 valence electrons. The molecule has 1 saturated heterocycles. The Morgan fingerprint density at radius 1 is 1.02 bits per heavy atom. The van der Waals surface area contributed by atoms with Gasteiger partial charge in [0.25, 0.3) is 0 Å². The summed E-state index contributed by atoms with van der Waals surface area (Å²) >= 11 is 0. The van der Waals surface area contributed by atoms with Crippen LogP contribution in [0.15, 0.2) is 47.3 Å². The third-order valence-corrected chi connectivity index (χ3v) is 6.35. The zero-order valence-corrected chi connectivity index (χ0v) is 24.1. The number of carbonyl (C=O) groups is 2. The van der Waals surface area contributed by atoms with Crippen molar-refractivity contribution in [3.8, 4) is 28.3 Å². The van der Waals surface area contributed by atoms with Crippen LogP contribution >= 0.6 is 0 Å². The Labute approximate surface area is 254 Å². The molecule has 1 fully saturated rings. The lowest BCUT2D eigenvalue weighted by molar-refractivity contribution is -0.193. The van der Waals surface area contributed by atoms with Crippen molar-refractivity contribution in [2.24, 2.45) is 0 Å². The minimum atomic E-state index is -5.08. The van der Waals surface area contributed by atoms with Crippen LogP contribution in [-0.2, 0) is 19.7 Å². The maximum Gasteiger partial charge on any atom is 0.490 e. The Bertz CT molecular complexity index is 1780. The molecule has 4 aromatic rings. The second kappa shape index (κ2) is 14.0. The van der Waals surface area contributed by atoms with Gasteiger partial charge in [-0.05, 0) is 44.1 Å². The van der Waals surface area contributed by atoms with Crippen molar-refractivity contribution in [1.29, 1.82) is 0 Å². The summed E-state index contributed by atoms with van der Waals surface area (Å²) in [4.78, 5) is 26.6. The number of nitrogens with one attached hydrogen (secondary N) is 1. The van der Waals surface area contributed by atoms with Gasteiger partial charge in [-0.1, -0.05) is 0 Å². The van der Waals surface area contributed by atoms with Crippen molar-refractivity contribution in [3.05, 3.63) is 42.9 Å². The molecule has 0 radical (unpaired) electrons. The van der Waals surface area contributed by atoms with E-state index in [0.717, 1.165) is 43.3 Å². The maximum atomic E-state index is 11.4. The standard InChI is InChI=1S/C21H22N6O4S.2C2HF3O2/c1-32(28,29)31-16-2-3-18-19(9-16)30-21(26-18)17-8-13(10-24-20(17)22)14-11-25-27(12-14)15-4-6-23-7-5-15;2*3-2(4,5)1(6)7/h2-3,8-12,15,23H,4-7H2,1H3,(H2,22,24);2*(H,6,7). The van der Waals surface area contributed by atoms with Crippen molar-refractivity contribution in [2.45, 2.75) is 31.2 Å². The van der Waals surface area contributed by atoms with Gasteiger partial charge in [-0.25, -0.2) is 19.6 Å². The van der Waals surface area contributed by atoms with E-state index in [0.29, 0.717) is 22.7 Å². The van der Waals surface area contributed by atoms with Gasteiger partial charge in [0, 0.05) is 29.6 Å². The minimum absolute atomic E-state index is 0.146. The van der Waals surface area contributed by atoms with Gasteiger partial charge in [-0.15, -0.1) is 0 Å². The number of hydrogen-bond donors (Lipinski definition) is 4.